The van der Waals surface area contributed by atoms with Gasteiger partial charge < -0.3 is 10.6 Å². The Hall–Kier alpha value is -4.14. The molecule has 0 radical (unpaired) electrons. The van der Waals surface area contributed by atoms with Gasteiger partial charge in [-0.25, -0.2) is 8.42 Å². The lowest BCUT2D eigenvalue weighted by Gasteiger charge is -2.17. The van der Waals surface area contributed by atoms with Gasteiger partial charge in [0.25, 0.3) is 21.8 Å². The van der Waals surface area contributed by atoms with Crippen LogP contribution in [0.25, 0.3) is 0 Å². The van der Waals surface area contributed by atoms with Crippen LogP contribution in [0.4, 0.5) is 11.4 Å². The van der Waals surface area contributed by atoms with Crippen molar-refractivity contribution in [1.82, 2.24) is 5.32 Å². The molecule has 39 heavy (non-hydrogen) atoms. The van der Waals surface area contributed by atoms with E-state index in [1.807, 2.05) is 57.2 Å². The molecule has 0 spiro atoms. The molecule has 3 N–H and O–H groups in total. The van der Waals surface area contributed by atoms with Gasteiger partial charge >= 0.3 is 0 Å². The van der Waals surface area contributed by atoms with Gasteiger partial charge in [-0.1, -0.05) is 60.1 Å². The van der Waals surface area contributed by atoms with Gasteiger partial charge in [0.05, 0.1) is 22.3 Å². The molecule has 0 fully saturated rings. The molecule has 0 aliphatic rings. The predicted molar refractivity (Wildman–Crippen MR) is 155 cm³/mol. The summed E-state index contributed by atoms with van der Waals surface area (Å²) in [4.78, 5) is 26.0. The summed E-state index contributed by atoms with van der Waals surface area (Å²) in [5, 5.41) is 5.63. The molecule has 0 aromatic heterocycles. The van der Waals surface area contributed by atoms with Gasteiger partial charge in [-0.15, -0.1) is 0 Å². The van der Waals surface area contributed by atoms with Crippen molar-refractivity contribution >= 4 is 44.8 Å². The van der Waals surface area contributed by atoms with Crippen LogP contribution in [0.15, 0.2) is 95.9 Å². The summed E-state index contributed by atoms with van der Waals surface area (Å²) < 4.78 is 28.9. The van der Waals surface area contributed by atoms with E-state index in [1.54, 1.807) is 36.4 Å². The lowest BCUT2D eigenvalue weighted by atomic mass is 10.1. The molecular formula is C30H28ClN3O4S. The molecule has 4 aromatic carbocycles. The van der Waals surface area contributed by atoms with E-state index in [0.29, 0.717) is 5.69 Å². The molecular weight excluding hydrogens is 534 g/mol. The molecule has 0 aliphatic carbocycles. The fraction of sp³-hybridized carbons (Fsp3) is 0.133. The topological polar surface area (TPSA) is 104 Å². The number of amides is 2. The maximum atomic E-state index is 13.2. The largest absolute Gasteiger partial charge is 0.345 e. The van der Waals surface area contributed by atoms with Crippen LogP contribution in [0.2, 0.25) is 5.02 Å². The van der Waals surface area contributed by atoms with Gasteiger partial charge in [0, 0.05) is 11.3 Å². The molecule has 7 nitrogen and oxygen atoms in total. The zero-order valence-electron chi connectivity index (χ0n) is 21.7. The number of nitrogens with one attached hydrogen (secondary N) is 3. The first-order valence-corrected chi connectivity index (χ1v) is 14.1. The Kier molecular flexibility index (Phi) is 8.38. The smallest absolute Gasteiger partial charge is 0.263 e. The number of benzene rings is 4. The number of halogens is 1. The zero-order valence-corrected chi connectivity index (χ0v) is 23.2. The molecule has 200 valence electrons. The highest BCUT2D eigenvalue weighted by atomic mass is 35.5. The van der Waals surface area contributed by atoms with Crippen LogP contribution in [0.1, 0.15) is 50.4 Å². The summed E-state index contributed by atoms with van der Waals surface area (Å²) in [6, 6.07) is 25.2. The van der Waals surface area contributed by atoms with E-state index in [0.717, 1.165) is 16.7 Å². The first-order valence-electron chi connectivity index (χ1n) is 12.2. The van der Waals surface area contributed by atoms with Gasteiger partial charge in [-0.05, 0) is 79.9 Å². The van der Waals surface area contributed by atoms with Gasteiger partial charge in [0.15, 0.2) is 0 Å². The molecule has 4 aromatic rings. The van der Waals surface area contributed by atoms with E-state index >= 15 is 0 Å². The third kappa shape index (κ3) is 6.85. The molecule has 2 amide bonds. The Morgan fingerprint density at radius 1 is 0.795 bits per heavy atom. The second-order valence-corrected chi connectivity index (χ2v) is 11.3. The summed E-state index contributed by atoms with van der Waals surface area (Å²) in [5.74, 6) is -0.954. The van der Waals surface area contributed by atoms with E-state index in [4.69, 9.17) is 11.6 Å². The standard InChI is InChI=1S/C30H28ClN3O4S/c1-19-15-20(2)17-24(16-19)34-39(37,38)28-18-23(13-14-26(28)31)29(35)33-27-12-8-7-11-25(27)30(36)32-21(3)22-9-5-4-6-10-22/h4-18,21,34H,1-3H3,(H,32,36)(H,33,35)/t21-/m0/s1. The molecule has 4 rings (SSSR count). The van der Waals surface area contributed by atoms with E-state index < -0.39 is 15.9 Å². The summed E-state index contributed by atoms with van der Waals surface area (Å²) in [7, 11) is -4.09. The minimum atomic E-state index is -4.09. The molecule has 0 aliphatic heterocycles. The summed E-state index contributed by atoms with van der Waals surface area (Å²) in [6.07, 6.45) is 0. The maximum Gasteiger partial charge on any atom is 0.263 e. The van der Waals surface area contributed by atoms with E-state index in [9.17, 15) is 18.0 Å². The van der Waals surface area contributed by atoms with Crippen LogP contribution in [0, 0.1) is 13.8 Å². The quantitative estimate of drug-likeness (QED) is 0.228. The number of sulfonamides is 1. The van der Waals surface area contributed by atoms with Crippen molar-refractivity contribution in [3.05, 3.63) is 124 Å². The molecule has 1 atom stereocenters. The van der Waals surface area contributed by atoms with E-state index in [2.05, 4.69) is 15.4 Å². The van der Waals surface area contributed by atoms with Gasteiger partial charge in [-0.2, -0.15) is 0 Å². The third-order valence-corrected chi connectivity index (χ3v) is 7.89. The summed E-state index contributed by atoms with van der Waals surface area (Å²) in [6.45, 7) is 5.60. The summed E-state index contributed by atoms with van der Waals surface area (Å²) >= 11 is 6.24. The fourth-order valence-corrected chi connectivity index (χ4v) is 5.75. The van der Waals surface area contributed by atoms with Crippen molar-refractivity contribution in [3.63, 3.8) is 0 Å². The van der Waals surface area contributed by atoms with Crippen molar-refractivity contribution in [1.29, 1.82) is 0 Å². The van der Waals surface area contributed by atoms with Crippen molar-refractivity contribution < 1.29 is 18.0 Å². The van der Waals surface area contributed by atoms with Crippen LogP contribution >= 0.6 is 11.6 Å². The highest BCUT2D eigenvalue weighted by molar-refractivity contribution is 7.92. The second-order valence-electron chi connectivity index (χ2n) is 9.23. The molecule has 9 heteroatoms. The normalized spacial score (nSPS) is 11.9. The van der Waals surface area contributed by atoms with Crippen molar-refractivity contribution in [2.45, 2.75) is 31.7 Å². The van der Waals surface area contributed by atoms with Crippen molar-refractivity contribution in [3.8, 4) is 0 Å². The highest BCUT2D eigenvalue weighted by Crippen LogP contribution is 2.27. The van der Waals surface area contributed by atoms with Crippen LogP contribution in [0.5, 0.6) is 0 Å². The number of carbonyl (C=O) groups excluding carboxylic acids is 2. The van der Waals surface area contributed by atoms with Crippen LogP contribution in [-0.2, 0) is 10.0 Å². The number of para-hydroxylation sites is 1. The van der Waals surface area contributed by atoms with E-state index in [-0.39, 0.29) is 38.7 Å². The Bertz CT molecular complexity index is 1620. The zero-order chi connectivity index (χ0) is 28.2. The lowest BCUT2D eigenvalue weighted by molar-refractivity contribution is 0.0940. The van der Waals surface area contributed by atoms with Crippen molar-refractivity contribution in [2.24, 2.45) is 0 Å². The molecule has 0 bridgehead atoms. The number of rotatable bonds is 8. The Morgan fingerprint density at radius 3 is 2.13 bits per heavy atom. The fourth-order valence-electron chi connectivity index (χ4n) is 4.18. The number of aryl methyl sites for hydroxylation is 2. The van der Waals surface area contributed by atoms with Crippen LogP contribution in [-0.4, -0.2) is 20.2 Å². The number of hydrogen-bond donors (Lipinski definition) is 3. The first kappa shape index (κ1) is 27.9. The SMILES string of the molecule is Cc1cc(C)cc(NS(=O)(=O)c2cc(C(=O)Nc3ccccc3C(=O)N[C@@H](C)c3ccccc3)ccc2Cl)c1. The van der Waals surface area contributed by atoms with Gasteiger partial charge in [0.2, 0.25) is 0 Å². The first-order chi connectivity index (χ1) is 18.5. The van der Waals surface area contributed by atoms with Gasteiger partial charge in [0.1, 0.15) is 4.90 Å². The molecule has 0 unspecified atom stereocenters. The number of anilines is 2. The Labute approximate surface area is 233 Å². The number of carbonyl (C=O) groups is 2. The molecule has 0 heterocycles. The van der Waals surface area contributed by atoms with Crippen LogP contribution < -0.4 is 15.4 Å². The summed E-state index contributed by atoms with van der Waals surface area (Å²) in [5.41, 5.74) is 3.74. The Morgan fingerprint density at radius 2 is 1.44 bits per heavy atom. The number of hydrogen-bond acceptors (Lipinski definition) is 4. The van der Waals surface area contributed by atoms with Crippen LogP contribution in [0.3, 0.4) is 0 Å². The predicted octanol–water partition coefficient (Wildman–Crippen LogP) is 6.50. The minimum absolute atomic E-state index is 0.0295. The third-order valence-electron chi connectivity index (χ3n) is 6.02. The lowest BCUT2D eigenvalue weighted by Crippen LogP contribution is -2.28. The van der Waals surface area contributed by atoms with E-state index in [1.165, 1.54) is 18.2 Å². The highest BCUT2D eigenvalue weighted by Gasteiger charge is 2.22. The van der Waals surface area contributed by atoms with Gasteiger partial charge in [-0.3, -0.25) is 14.3 Å². The average Bonchev–Trinajstić information content (AvgIpc) is 2.88. The molecule has 0 saturated carbocycles. The molecule has 0 saturated heterocycles. The van der Waals surface area contributed by atoms with Crippen molar-refractivity contribution in [2.75, 3.05) is 10.0 Å². The monoisotopic (exact) mass is 561 g/mol. The second kappa shape index (κ2) is 11.7. The average molecular weight is 562 g/mol. The minimum Gasteiger partial charge on any atom is -0.345 e. The maximum absolute atomic E-state index is 13.2. The Balaban J connectivity index is 1.55.